The molecule has 0 atom stereocenters. The number of benzene rings is 1. The number of halogens is 3. The van der Waals surface area contributed by atoms with Crippen LogP contribution in [0.5, 0.6) is 11.5 Å². The second kappa shape index (κ2) is 6.26. The predicted octanol–water partition coefficient (Wildman–Crippen LogP) is 3.40. The van der Waals surface area contributed by atoms with Crippen molar-refractivity contribution >= 4 is 5.78 Å². The van der Waals surface area contributed by atoms with E-state index in [1.165, 1.54) is 26.4 Å². The SMILES string of the molecule is COc1ccc(OC)c(C(=O)/C=C/CC(F)(F)F)c1. The molecule has 1 rings (SSSR count). The van der Waals surface area contributed by atoms with Crippen LogP contribution in [0.4, 0.5) is 13.2 Å². The van der Waals surface area contributed by atoms with Crippen LogP contribution in [0.25, 0.3) is 0 Å². The van der Waals surface area contributed by atoms with Crippen LogP contribution < -0.4 is 9.47 Å². The molecule has 0 saturated heterocycles. The van der Waals surface area contributed by atoms with Crippen molar-refractivity contribution in [3.63, 3.8) is 0 Å². The maximum atomic E-state index is 12.0. The molecule has 19 heavy (non-hydrogen) atoms. The molecule has 0 fully saturated rings. The maximum absolute atomic E-state index is 12.0. The van der Waals surface area contributed by atoms with E-state index in [0.717, 1.165) is 12.2 Å². The Morgan fingerprint density at radius 3 is 2.47 bits per heavy atom. The number of methoxy groups -OCH3 is 2. The predicted molar refractivity (Wildman–Crippen MR) is 63.7 cm³/mol. The Kier molecular flexibility index (Phi) is 4.97. The number of rotatable bonds is 5. The van der Waals surface area contributed by atoms with Gasteiger partial charge < -0.3 is 9.47 Å². The van der Waals surface area contributed by atoms with Crippen LogP contribution >= 0.6 is 0 Å². The molecule has 0 N–H and O–H groups in total. The van der Waals surface area contributed by atoms with Crippen molar-refractivity contribution in [1.29, 1.82) is 0 Å². The summed E-state index contributed by atoms with van der Waals surface area (Å²) in [4.78, 5) is 11.8. The number of ether oxygens (including phenoxy) is 2. The van der Waals surface area contributed by atoms with E-state index >= 15 is 0 Å². The Hall–Kier alpha value is -1.98. The third-order valence-corrected chi connectivity index (χ3v) is 2.29. The van der Waals surface area contributed by atoms with Crippen molar-refractivity contribution in [1.82, 2.24) is 0 Å². The quantitative estimate of drug-likeness (QED) is 0.610. The summed E-state index contributed by atoms with van der Waals surface area (Å²) in [6.45, 7) is 0. The molecular formula is C13H13F3O3. The van der Waals surface area contributed by atoms with Gasteiger partial charge in [0.15, 0.2) is 5.78 Å². The summed E-state index contributed by atoms with van der Waals surface area (Å²) in [7, 11) is 2.80. The summed E-state index contributed by atoms with van der Waals surface area (Å²) in [6, 6.07) is 4.53. The number of carbonyl (C=O) groups is 1. The minimum atomic E-state index is -4.32. The highest BCUT2D eigenvalue weighted by Gasteiger charge is 2.24. The van der Waals surface area contributed by atoms with Crippen LogP contribution in [-0.2, 0) is 0 Å². The Bertz CT molecular complexity index is 479. The normalized spacial score (nSPS) is 11.6. The molecule has 0 aliphatic heterocycles. The van der Waals surface area contributed by atoms with Crippen LogP contribution in [0.2, 0.25) is 0 Å². The zero-order valence-electron chi connectivity index (χ0n) is 10.5. The van der Waals surface area contributed by atoms with Gasteiger partial charge in [0.2, 0.25) is 0 Å². The minimum Gasteiger partial charge on any atom is -0.497 e. The van der Waals surface area contributed by atoms with Gasteiger partial charge in [0.1, 0.15) is 11.5 Å². The lowest BCUT2D eigenvalue weighted by Crippen LogP contribution is -2.05. The number of alkyl halides is 3. The monoisotopic (exact) mass is 274 g/mol. The summed E-state index contributed by atoms with van der Waals surface area (Å²) in [6.07, 6.45) is -3.81. The Morgan fingerprint density at radius 2 is 1.95 bits per heavy atom. The lowest BCUT2D eigenvalue weighted by atomic mass is 10.1. The van der Waals surface area contributed by atoms with Crippen molar-refractivity contribution < 1.29 is 27.4 Å². The van der Waals surface area contributed by atoms with Crippen molar-refractivity contribution in [3.8, 4) is 11.5 Å². The fraction of sp³-hybridized carbons (Fsp3) is 0.308. The molecule has 0 heterocycles. The van der Waals surface area contributed by atoms with Crippen molar-refractivity contribution in [3.05, 3.63) is 35.9 Å². The molecule has 0 aliphatic rings. The summed E-state index contributed by atoms with van der Waals surface area (Å²) < 4.78 is 45.8. The van der Waals surface area contributed by atoms with Crippen LogP contribution in [0.15, 0.2) is 30.4 Å². The first kappa shape index (κ1) is 15.1. The third kappa shape index (κ3) is 4.65. The average Bonchev–Trinajstić information content (AvgIpc) is 2.36. The van der Waals surface area contributed by atoms with E-state index < -0.39 is 18.4 Å². The summed E-state index contributed by atoms with van der Waals surface area (Å²) >= 11 is 0. The van der Waals surface area contributed by atoms with Crippen molar-refractivity contribution in [2.75, 3.05) is 14.2 Å². The van der Waals surface area contributed by atoms with Gasteiger partial charge in [-0.3, -0.25) is 4.79 Å². The van der Waals surface area contributed by atoms with E-state index in [9.17, 15) is 18.0 Å². The van der Waals surface area contributed by atoms with Crippen LogP contribution in [0, 0.1) is 0 Å². The summed E-state index contributed by atoms with van der Waals surface area (Å²) in [5.41, 5.74) is 0.153. The first-order chi connectivity index (χ1) is 8.87. The Labute approximate surface area is 108 Å². The van der Waals surface area contributed by atoms with E-state index in [4.69, 9.17) is 9.47 Å². The molecule has 0 spiro atoms. The van der Waals surface area contributed by atoms with Gasteiger partial charge in [-0.05, 0) is 24.3 Å². The molecule has 0 aliphatic carbocycles. The van der Waals surface area contributed by atoms with E-state index in [2.05, 4.69) is 0 Å². The van der Waals surface area contributed by atoms with E-state index in [-0.39, 0.29) is 11.3 Å². The molecule has 1 aromatic carbocycles. The molecule has 0 aromatic heterocycles. The molecule has 0 amide bonds. The highest BCUT2D eigenvalue weighted by molar-refractivity contribution is 6.06. The molecular weight excluding hydrogens is 261 g/mol. The van der Waals surface area contributed by atoms with E-state index in [0.29, 0.717) is 5.75 Å². The third-order valence-electron chi connectivity index (χ3n) is 2.29. The molecule has 1 aromatic rings. The van der Waals surface area contributed by atoms with Gasteiger partial charge in [-0.25, -0.2) is 0 Å². The minimum absolute atomic E-state index is 0.153. The highest BCUT2D eigenvalue weighted by atomic mass is 19.4. The van der Waals surface area contributed by atoms with E-state index in [1.807, 2.05) is 0 Å². The van der Waals surface area contributed by atoms with Gasteiger partial charge in [-0.15, -0.1) is 0 Å². The molecule has 0 radical (unpaired) electrons. The van der Waals surface area contributed by atoms with Gasteiger partial charge in [0, 0.05) is 0 Å². The van der Waals surface area contributed by atoms with Crippen LogP contribution in [0.3, 0.4) is 0 Å². The summed E-state index contributed by atoms with van der Waals surface area (Å²) in [5.74, 6) is 0.135. The Morgan fingerprint density at radius 1 is 1.26 bits per heavy atom. The summed E-state index contributed by atoms with van der Waals surface area (Å²) in [5, 5.41) is 0. The maximum Gasteiger partial charge on any atom is 0.392 e. The van der Waals surface area contributed by atoms with Gasteiger partial charge >= 0.3 is 6.18 Å². The average molecular weight is 274 g/mol. The lowest BCUT2D eigenvalue weighted by Gasteiger charge is -2.08. The van der Waals surface area contributed by atoms with Gasteiger partial charge in [-0.1, -0.05) is 6.08 Å². The topological polar surface area (TPSA) is 35.5 Å². The number of hydrogen-bond acceptors (Lipinski definition) is 3. The first-order valence-electron chi connectivity index (χ1n) is 5.37. The second-order valence-corrected chi connectivity index (χ2v) is 3.65. The van der Waals surface area contributed by atoms with Crippen molar-refractivity contribution in [2.24, 2.45) is 0 Å². The molecule has 0 bridgehead atoms. The fourth-order valence-electron chi connectivity index (χ4n) is 1.40. The smallest absolute Gasteiger partial charge is 0.392 e. The molecule has 104 valence electrons. The number of hydrogen-bond donors (Lipinski definition) is 0. The zero-order valence-corrected chi connectivity index (χ0v) is 10.5. The largest absolute Gasteiger partial charge is 0.497 e. The molecule has 3 nitrogen and oxygen atoms in total. The van der Waals surface area contributed by atoms with Crippen molar-refractivity contribution in [2.45, 2.75) is 12.6 Å². The molecule has 6 heteroatoms. The highest BCUT2D eigenvalue weighted by Crippen LogP contribution is 2.25. The number of allylic oxidation sites excluding steroid dienone is 2. The fourth-order valence-corrected chi connectivity index (χ4v) is 1.40. The number of ketones is 1. The second-order valence-electron chi connectivity index (χ2n) is 3.65. The number of carbonyl (C=O) groups excluding carboxylic acids is 1. The van der Waals surface area contributed by atoms with Crippen LogP contribution in [-0.4, -0.2) is 26.2 Å². The Balaban J connectivity index is 2.92. The van der Waals surface area contributed by atoms with Gasteiger partial charge in [-0.2, -0.15) is 13.2 Å². The standard InChI is InChI=1S/C13H13F3O3/c1-18-9-5-6-12(19-2)10(8-9)11(17)4-3-7-13(14,15)16/h3-6,8H,7H2,1-2H3/b4-3+. The van der Waals surface area contributed by atoms with Gasteiger partial charge in [0.25, 0.3) is 0 Å². The zero-order chi connectivity index (χ0) is 14.5. The first-order valence-corrected chi connectivity index (χ1v) is 5.37. The lowest BCUT2D eigenvalue weighted by molar-refractivity contribution is -0.125. The van der Waals surface area contributed by atoms with Crippen LogP contribution in [0.1, 0.15) is 16.8 Å². The van der Waals surface area contributed by atoms with E-state index in [1.54, 1.807) is 6.07 Å². The van der Waals surface area contributed by atoms with Gasteiger partial charge in [0.05, 0.1) is 26.2 Å². The molecule has 0 unspecified atom stereocenters. The molecule has 0 saturated carbocycles.